The first kappa shape index (κ1) is 11.7. The Bertz CT molecular complexity index is 460. The van der Waals surface area contributed by atoms with Crippen molar-refractivity contribution in [3.63, 3.8) is 0 Å². The smallest absolute Gasteiger partial charge is 0.330 e. The molecule has 90 valence electrons. The Morgan fingerprint density at radius 3 is 3.12 bits per heavy atom. The van der Waals surface area contributed by atoms with Gasteiger partial charge in [-0.1, -0.05) is 0 Å². The molecule has 1 aromatic rings. The molecule has 5 heteroatoms. The molecule has 0 aliphatic carbocycles. The highest BCUT2D eigenvalue weighted by atomic mass is 19.1. The fourth-order valence-corrected chi connectivity index (χ4v) is 1.79. The van der Waals surface area contributed by atoms with Gasteiger partial charge in [-0.2, -0.15) is 0 Å². The number of aromatic nitrogens is 1. The van der Waals surface area contributed by atoms with Gasteiger partial charge in [-0.15, -0.1) is 0 Å². The lowest BCUT2D eigenvalue weighted by Crippen LogP contribution is -2.18. The maximum absolute atomic E-state index is 13.0. The summed E-state index contributed by atoms with van der Waals surface area (Å²) in [5, 5.41) is 0. The average Bonchev–Trinajstić information content (AvgIpc) is 2.78. The van der Waals surface area contributed by atoms with E-state index in [1.54, 1.807) is 13.1 Å². The lowest BCUT2D eigenvalue weighted by atomic mass is 10.1. The molecule has 2 heterocycles. The molecular formula is C12H13FN2O2. The number of pyridine rings is 1. The Balaban J connectivity index is 2.14. The summed E-state index contributed by atoms with van der Waals surface area (Å²) < 4.78 is 17.9. The largest absolute Gasteiger partial charge is 0.464 e. The van der Waals surface area contributed by atoms with E-state index in [1.807, 2.05) is 0 Å². The molecule has 0 saturated heterocycles. The third-order valence-corrected chi connectivity index (χ3v) is 2.56. The highest BCUT2D eigenvalue weighted by Crippen LogP contribution is 2.19. The second kappa shape index (κ2) is 5.03. The van der Waals surface area contributed by atoms with Crippen molar-refractivity contribution in [2.75, 3.05) is 6.61 Å². The number of hydrogen-bond acceptors (Lipinski definition) is 4. The van der Waals surface area contributed by atoms with Crippen molar-refractivity contribution < 1.29 is 13.9 Å². The summed E-state index contributed by atoms with van der Waals surface area (Å²) >= 11 is 0. The van der Waals surface area contributed by atoms with Crippen LogP contribution in [0.5, 0.6) is 0 Å². The number of aliphatic imine (C=N–C) groups is 1. The van der Waals surface area contributed by atoms with E-state index in [0.29, 0.717) is 25.0 Å². The van der Waals surface area contributed by atoms with Crippen LogP contribution in [0.4, 0.5) is 4.39 Å². The maximum Gasteiger partial charge on any atom is 0.330 e. The predicted octanol–water partition coefficient (Wildman–Crippen LogP) is 1.74. The quantitative estimate of drug-likeness (QED) is 0.751. The third kappa shape index (κ3) is 2.67. The molecule has 1 aliphatic heterocycles. The Kier molecular flexibility index (Phi) is 3.46. The van der Waals surface area contributed by atoms with Crippen molar-refractivity contribution in [3.05, 3.63) is 29.8 Å². The number of carbonyl (C=O) groups is 1. The minimum Gasteiger partial charge on any atom is -0.464 e. The molecule has 0 spiro atoms. The number of esters is 1. The van der Waals surface area contributed by atoms with Gasteiger partial charge in [0.05, 0.1) is 12.8 Å². The monoisotopic (exact) mass is 236 g/mol. The molecule has 0 fully saturated rings. The number of nitrogens with zero attached hydrogens (tertiary/aromatic N) is 2. The molecule has 1 aromatic heterocycles. The number of rotatable bonds is 3. The molecule has 0 aromatic carbocycles. The fraction of sp³-hybridized carbons (Fsp3) is 0.417. The topological polar surface area (TPSA) is 51.5 Å². The van der Waals surface area contributed by atoms with Crippen LogP contribution in [0.3, 0.4) is 0 Å². The highest BCUT2D eigenvalue weighted by Gasteiger charge is 2.26. The van der Waals surface area contributed by atoms with E-state index in [2.05, 4.69) is 9.98 Å². The normalized spacial score (nSPS) is 18.9. The first-order valence-electron chi connectivity index (χ1n) is 5.55. The molecule has 1 aliphatic rings. The van der Waals surface area contributed by atoms with E-state index >= 15 is 0 Å². The zero-order valence-electron chi connectivity index (χ0n) is 9.52. The van der Waals surface area contributed by atoms with Crippen molar-refractivity contribution in [3.8, 4) is 0 Å². The van der Waals surface area contributed by atoms with Gasteiger partial charge in [0.2, 0.25) is 0 Å². The molecule has 0 unspecified atom stereocenters. The van der Waals surface area contributed by atoms with Gasteiger partial charge in [0.1, 0.15) is 11.9 Å². The summed E-state index contributed by atoms with van der Waals surface area (Å²) in [7, 11) is 0. The van der Waals surface area contributed by atoms with Gasteiger partial charge in [-0.05, 0) is 25.8 Å². The van der Waals surface area contributed by atoms with E-state index < -0.39 is 11.9 Å². The Morgan fingerprint density at radius 1 is 1.59 bits per heavy atom. The zero-order chi connectivity index (χ0) is 12.3. The lowest BCUT2D eigenvalue weighted by Gasteiger charge is -2.04. The van der Waals surface area contributed by atoms with Crippen molar-refractivity contribution >= 4 is 11.7 Å². The van der Waals surface area contributed by atoms with Gasteiger partial charge in [-0.25, -0.2) is 9.18 Å². The number of ether oxygens (including phenoxy) is 1. The third-order valence-electron chi connectivity index (χ3n) is 2.56. The van der Waals surface area contributed by atoms with E-state index in [0.717, 1.165) is 11.9 Å². The first-order valence-corrected chi connectivity index (χ1v) is 5.55. The molecule has 0 bridgehead atoms. The van der Waals surface area contributed by atoms with Gasteiger partial charge >= 0.3 is 5.97 Å². The predicted molar refractivity (Wildman–Crippen MR) is 60.4 cm³/mol. The Hall–Kier alpha value is -1.78. The minimum absolute atomic E-state index is 0.313. The van der Waals surface area contributed by atoms with Crippen LogP contribution in [0.15, 0.2) is 23.5 Å². The molecule has 17 heavy (non-hydrogen) atoms. The van der Waals surface area contributed by atoms with Gasteiger partial charge in [0.25, 0.3) is 0 Å². The molecule has 0 saturated carbocycles. The molecule has 0 radical (unpaired) electrons. The lowest BCUT2D eigenvalue weighted by molar-refractivity contribution is -0.144. The van der Waals surface area contributed by atoms with Crippen molar-refractivity contribution in [2.45, 2.75) is 25.8 Å². The van der Waals surface area contributed by atoms with Crippen molar-refractivity contribution in [1.29, 1.82) is 0 Å². The van der Waals surface area contributed by atoms with E-state index in [9.17, 15) is 9.18 Å². The summed E-state index contributed by atoms with van der Waals surface area (Å²) in [5.74, 6) is -0.711. The van der Waals surface area contributed by atoms with Crippen LogP contribution < -0.4 is 0 Å². The van der Waals surface area contributed by atoms with Crippen molar-refractivity contribution in [2.24, 2.45) is 4.99 Å². The second-order valence-electron chi connectivity index (χ2n) is 3.77. The maximum atomic E-state index is 13.0. The molecule has 4 nitrogen and oxygen atoms in total. The summed E-state index contributed by atoms with van der Waals surface area (Å²) in [5.41, 5.74) is 1.35. The first-order chi connectivity index (χ1) is 8.20. The number of carbonyl (C=O) groups excluding carboxylic acids is 1. The van der Waals surface area contributed by atoms with Gasteiger partial charge in [0, 0.05) is 17.5 Å². The molecule has 1 atom stereocenters. The van der Waals surface area contributed by atoms with E-state index in [-0.39, 0.29) is 5.97 Å². The SMILES string of the molecule is CCOC(=O)[C@@H]1CCC(c2cncc(F)c2)=N1. The highest BCUT2D eigenvalue weighted by molar-refractivity contribution is 6.03. The van der Waals surface area contributed by atoms with Crippen molar-refractivity contribution in [1.82, 2.24) is 4.98 Å². The summed E-state index contributed by atoms with van der Waals surface area (Å²) in [4.78, 5) is 19.5. The standard InChI is InChI=1S/C12H13FN2O2/c1-2-17-12(16)11-4-3-10(15-11)8-5-9(13)7-14-6-8/h5-7,11H,2-4H2,1H3/t11-/m0/s1. The summed E-state index contributed by atoms with van der Waals surface area (Å²) in [6.45, 7) is 2.11. The van der Waals surface area contributed by atoms with Gasteiger partial charge < -0.3 is 4.74 Å². The molecule has 0 amide bonds. The number of hydrogen-bond donors (Lipinski definition) is 0. The van der Waals surface area contributed by atoms with Crippen LogP contribution in [-0.2, 0) is 9.53 Å². The summed E-state index contributed by atoms with van der Waals surface area (Å²) in [6, 6.07) is 0.924. The fourth-order valence-electron chi connectivity index (χ4n) is 1.79. The van der Waals surface area contributed by atoms with Crippen LogP contribution in [0.1, 0.15) is 25.3 Å². The van der Waals surface area contributed by atoms with Gasteiger partial charge in [0.15, 0.2) is 0 Å². The van der Waals surface area contributed by atoms with Crippen LogP contribution in [0.25, 0.3) is 0 Å². The Morgan fingerprint density at radius 2 is 2.41 bits per heavy atom. The van der Waals surface area contributed by atoms with Crippen LogP contribution in [-0.4, -0.2) is 29.3 Å². The van der Waals surface area contributed by atoms with Gasteiger partial charge in [-0.3, -0.25) is 9.98 Å². The molecule has 2 rings (SSSR count). The molecule has 0 N–H and O–H groups in total. The van der Waals surface area contributed by atoms with Crippen LogP contribution in [0, 0.1) is 5.82 Å². The summed E-state index contributed by atoms with van der Waals surface area (Å²) in [6.07, 6.45) is 3.95. The Labute approximate surface area is 98.5 Å². The second-order valence-corrected chi connectivity index (χ2v) is 3.77. The van der Waals surface area contributed by atoms with Crippen LogP contribution in [0.2, 0.25) is 0 Å². The van der Waals surface area contributed by atoms with E-state index in [4.69, 9.17) is 4.74 Å². The minimum atomic E-state index is -0.451. The average molecular weight is 236 g/mol. The zero-order valence-corrected chi connectivity index (χ0v) is 9.52. The van der Waals surface area contributed by atoms with E-state index in [1.165, 1.54) is 6.07 Å². The number of halogens is 1. The molecular weight excluding hydrogens is 223 g/mol. The van der Waals surface area contributed by atoms with Crippen LogP contribution >= 0.6 is 0 Å².